The third-order valence-electron chi connectivity index (χ3n) is 6.92. The van der Waals surface area contributed by atoms with Crippen LogP contribution in [0.1, 0.15) is 35.2 Å². The number of aryl methyl sites for hydroxylation is 2. The van der Waals surface area contributed by atoms with Crippen LogP contribution in [0.25, 0.3) is 5.57 Å². The van der Waals surface area contributed by atoms with E-state index in [9.17, 15) is 18.3 Å². The average molecular weight is 545 g/mol. The molecule has 1 aromatic heterocycles. The van der Waals surface area contributed by atoms with Gasteiger partial charge in [0.15, 0.2) is 11.5 Å². The Morgan fingerprint density at radius 3 is 2.45 bits per heavy atom. The molecule has 1 atom stereocenters. The molecule has 38 heavy (non-hydrogen) atoms. The van der Waals surface area contributed by atoms with Gasteiger partial charge in [0.25, 0.3) is 0 Å². The van der Waals surface area contributed by atoms with E-state index < -0.39 is 18.2 Å². The van der Waals surface area contributed by atoms with Gasteiger partial charge in [-0.3, -0.25) is 9.88 Å². The lowest BCUT2D eigenvalue weighted by atomic mass is 9.88. The molecule has 3 aromatic rings. The number of β-amino-alcohol motifs (C(OH)–C–C–N with tert-alkyl or cyclic N) is 1. The minimum Gasteiger partial charge on any atom is -0.487 e. The van der Waals surface area contributed by atoms with Crippen LogP contribution in [0.3, 0.4) is 0 Å². The highest BCUT2D eigenvalue weighted by molar-refractivity contribution is 6.30. The maximum atomic E-state index is 12.7. The van der Waals surface area contributed by atoms with Crippen molar-refractivity contribution in [1.82, 2.24) is 9.88 Å². The molecule has 0 spiro atoms. The van der Waals surface area contributed by atoms with Gasteiger partial charge in [0, 0.05) is 36.4 Å². The third-order valence-corrected chi connectivity index (χ3v) is 7.15. The third kappa shape index (κ3) is 6.31. The summed E-state index contributed by atoms with van der Waals surface area (Å²) in [6, 6.07) is 15.7. The Morgan fingerprint density at radius 2 is 1.68 bits per heavy atom. The lowest BCUT2D eigenvalue weighted by Gasteiger charge is -2.31. The molecule has 1 aliphatic heterocycles. The first-order valence-corrected chi connectivity index (χ1v) is 13.0. The number of rotatable bonds is 6. The Balaban J connectivity index is 1.26. The minimum atomic E-state index is -4.82. The summed E-state index contributed by atoms with van der Waals surface area (Å²) in [6.45, 7) is 1.70. The maximum Gasteiger partial charge on any atom is 0.573 e. The molecule has 5 rings (SSSR count). The van der Waals surface area contributed by atoms with Crippen LogP contribution in [-0.4, -0.2) is 53.7 Å². The van der Waals surface area contributed by atoms with E-state index >= 15 is 0 Å². The molecule has 2 aliphatic rings. The van der Waals surface area contributed by atoms with E-state index in [0.717, 1.165) is 49.5 Å². The molecule has 0 radical (unpaired) electrons. The lowest BCUT2D eigenvalue weighted by Crippen LogP contribution is -2.39. The fraction of sp³-hybridized carbons (Fsp3) is 0.345. The first kappa shape index (κ1) is 26.5. The standard InChI is InChI=1S/C29H28ClF3N2O3/c30-22-9-10-24-21(16-22)8-7-20-4-3-13-34-28(20)27(24)19-11-14-35(15-12-19)17-23(36)18-37-25-5-1-2-6-26(25)38-29(31,32)33/h1-6,9-10,13,16,23,36H,7-8,11-12,14-15,17-18H2. The number of para-hydroxylation sites is 2. The van der Waals surface area contributed by atoms with E-state index in [0.29, 0.717) is 6.54 Å². The molecular weight excluding hydrogens is 517 g/mol. The number of fused-ring (bicyclic) bond motifs is 2. The second-order valence-electron chi connectivity index (χ2n) is 9.55. The molecule has 0 amide bonds. The smallest absolute Gasteiger partial charge is 0.487 e. The van der Waals surface area contributed by atoms with E-state index in [-0.39, 0.29) is 12.4 Å². The van der Waals surface area contributed by atoms with E-state index in [1.54, 1.807) is 6.07 Å². The summed E-state index contributed by atoms with van der Waals surface area (Å²) in [6.07, 6.45) is -0.399. The lowest BCUT2D eigenvalue weighted by molar-refractivity contribution is -0.275. The summed E-state index contributed by atoms with van der Waals surface area (Å²) in [5.74, 6) is -0.492. The number of ether oxygens (including phenoxy) is 2. The highest BCUT2D eigenvalue weighted by Crippen LogP contribution is 2.38. The fourth-order valence-electron chi connectivity index (χ4n) is 5.20. The number of piperidine rings is 1. The number of aliphatic hydroxyl groups is 1. The molecule has 0 saturated carbocycles. The first-order valence-electron chi connectivity index (χ1n) is 12.6. The van der Waals surface area contributed by atoms with Crippen LogP contribution in [0.5, 0.6) is 11.5 Å². The number of nitrogens with zero attached hydrogens (tertiary/aromatic N) is 2. The van der Waals surface area contributed by atoms with Gasteiger partial charge in [0.2, 0.25) is 0 Å². The number of halogens is 4. The van der Waals surface area contributed by atoms with Crippen LogP contribution in [0.15, 0.2) is 66.4 Å². The zero-order valence-electron chi connectivity index (χ0n) is 20.7. The highest BCUT2D eigenvalue weighted by Gasteiger charge is 2.32. The number of aliphatic hydroxyl groups excluding tert-OH is 1. The van der Waals surface area contributed by atoms with Gasteiger partial charge < -0.3 is 14.6 Å². The second-order valence-corrected chi connectivity index (χ2v) is 9.99. The van der Waals surface area contributed by atoms with Gasteiger partial charge in [-0.15, -0.1) is 13.2 Å². The largest absolute Gasteiger partial charge is 0.573 e. The van der Waals surface area contributed by atoms with Crippen molar-refractivity contribution in [3.05, 3.63) is 93.8 Å². The molecule has 200 valence electrons. The van der Waals surface area contributed by atoms with Gasteiger partial charge in [-0.1, -0.05) is 41.4 Å². The van der Waals surface area contributed by atoms with Gasteiger partial charge in [-0.05, 0) is 72.7 Å². The SMILES string of the molecule is OC(COc1ccccc1OC(F)(F)F)CN1CCC(=C2c3ccc(Cl)cc3CCc3cccnc32)CC1. The molecule has 1 aliphatic carbocycles. The van der Waals surface area contributed by atoms with Crippen molar-refractivity contribution in [2.75, 3.05) is 26.2 Å². The number of likely N-dealkylation sites (tertiary alicyclic amines) is 1. The summed E-state index contributed by atoms with van der Waals surface area (Å²) in [7, 11) is 0. The monoisotopic (exact) mass is 544 g/mol. The van der Waals surface area contributed by atoms with Crippen LogP contribution in [0, 0.1) is 0 Å². The molecular formula is C29H28ClF3N2O3. The summed E-state index contributed by atoms with van der Waals surface area (Å²) in [4.78, 5) is 6.91. The first-order chi connectivity index (χ1) is 18.3. The molecule has 1 fully saturated rings. The number of benzene rings is 2. The zero-order chi connectivity index (χ0) is 26.7. The molecule has 5 nitrogen and oxygen atoms in total. The summed E-state index contributed by atoms with van der Waals surface area (Å²) in [5.41, 5.74) is 7.19. The van der Waals surface area contributed by atoms with Crippen LogP contribution < -0.4 is 9.47 Å². The van der Waals surface area contributed by atoms with Crippen molar-refractivity contribution in [3.63, 3.8) is 0 Å². The molecule has 2 aromatic carbocycles. The van der Waals surface area contributed by atoms with Gasteiger partial charge >= 0.3 is 6.36 Å². The normalized spacial score (nSPS) is 16.9. The van der Waals surface area contributed by atoms with E-state index in [2.05, 4.69) is 21.8 Å². The van der Waals surface area contributed by atoms with Crippen molar-refractivity contribution in [2.24, 2.45) is 0 Å². The Morgan fingerprint density at radius 1 is 0.947 bits per heavy atom. The van der Waals surface area contributed by atoms with Gasteiger partial charge in [-0.25, -0.2) is 0 Å². The minimum absolute atomic E-state index is 0.0622. The predicted octanol–water partition coefficient (Wildman–Crippen LogP) is 6.07. The molecule has 1 saturated heterocycles. The van der Waals surface area contributed by atoms with Crippen LogP contribution >= 0.6 is 11.6 Å². The van der Waals surface area contributed by atoms with Crippen LogP contribution in [-0.2, 0) is 12.8 Å². The second kappa shape index (κ2) is 11.4. The summed E-state index contributed by atoms with van der Waals surface area (Å²) in [5, 5.41) is 11.3. The van der Waals surface area contributed by atoms with Crippen molar-refractivity contribution in [1.29, 1.82) is 0 Å². The van der Waals surface area contributed by atoms with E-state index in [1.165, 1.54) is 46.0 Å². The molecule has 1 unspecified atom stereocenters. The van der Waals surface area contributed by atoms with E-state index in [1.807, 2.05) is 24.4 Å². The van der Waals surface area contributed by atoms with E-state index in [4.69, 9.17) is 21.3 Å². The summed E-state index contributed by atoms with van der Waals surface area (Å²) < 4.78 is 47.4. The predicted molar refractivity (Wildman–Crippen MR) is 139 cm³/mol. The number of alkyl halides is 3. The van der Waals surface area contributed by atoms with Crippen molar-refractivity contribution in [3.8, 4) is 11.5 Å². The van der Waals surface area contributed by atoms with Gasteiger partial charge in [0.1, 0.15) is 12.7 Å². The molecule has 2 heterocycles. The van der Waals surface area contributed by atoms with Crippen molar-refractivity contribution >= 4 is 17.2 Å². The van der Waals surface area contributed by atoms with Gasteiger partial charge in [0.05, 0.1) is 5.69 Å². The maximum absolute atomic E-state index is 12.7. The summed E-state index contributed by atoms with van der Waals surface area (Å²) >= 11 is 6.31. The topological polar surface area (TPSA) is 54.8 Å². The zero-order valence-corrected chi connectivity index (χ0v) is 21.4. The quantitative estimate of drug-likeness (QED) is 0.408. The van der Waals surface area contributed by atoms with Crippen LogP contribution in [0.2, 0.25) is 5.02 Å². The Bertz CT molecular complexity index is 1320. The van der Waals surface area contributed by atoms with Gasteiger partial charge in [-0.2, -0.15) is 0 Å². The van der Waals surface area contributed by atoms with Crippen LogP contribution in [0.4, 0.5) is 13.2 Å². The average Bonchev–Trinajstić information content (AvgIpc) is 3.04. The van der Waals surface area contributed by atoms with Crippen molar-refractivity contribution in [2.45, 2.75) is 38.1 Å². The number of aromatic nitrogens is 1. The number of hydrogen-bond donors (Lipinski definition) is 1. The highest BCUT2D eigenvalue weighted by atomic mass is 35.5. The molecule has 0 bridgehead atoms. The number of pyridine rings is 1. The fourth-order valence-corrected chi connectivity index (χ4v) is 5.40. The Labute approximate surface area is 224 Å². The Hall–Kier alpha value is -3.07. The number of hydrogen-bond acceptors (Lipinski definition) is 5. The van der Waals surface area contributed by atoms with Crippen molar-refractivity contribution < 1.29 is 27.8 Å². The Kier molecular flexibility index (Phi) is 7.93. The molecule has 9 heteroatoms. The molecule has 1 N–H and O–H groups in total.